The van der Waals surface area contributed by atoms with Crippen molar-refractivity contribution in [3.63, 3.8) is 0 Å². The molecular formula is C14H13F5N2O4. The Morgan fingerprint density at radius 3 is 2.44 bits per heavy atom. The molecule has 3 atom stereocenters. The molecule has 138 valence electrons. The van der Waals surface area contributed by atoms with Gasteiger partial charge in [-0.3, -0.25) is 4.79 Å². The second kappa shape index (κ2) is 6.47. The number of halogens is 5. The summed E-state index contributed by atoms with van der Waals surface area (Å²) in [5.74, 6) is -3.88. The lowest BCUT2D eigenvalue weighted by molar-refractivity contribution is -0.290. The zero-order valence-electron chi connectivity index (χ0n) is 12.6. The molecule has 2 rings (SSSR count). The third-order valence-corrected chi connectivity index (χ3v) is 3.71. The Labute approximate surface area is 138 Å². The highest BCUT2D eigenvalue weighted by Crippen LogP contribution is 2.44. The number of ether oxygens (including phenoxy) is 1. The third kappa shape index (κ3) is 3.50. The lowest BCUT2D eigenvalue weighted by Gasteiger charge is -2.44. The number of rotatable bonds is 4. The maximum atomic E-state index is 13.3. The molecule has 1 aliphatic heterocycles. The Balaban J connectivity index is 2.59. The Morgan fingerprint density at radius 2 is 1.92 bits per heavy atom. The van der Waals surface area contributed by atoms with Crippen LogP contribution in [0.25, 0.3) is 0 Å². The van der Waals surface area contributed by atoms with Crippen LogP contribution in [-0.4, -0.2) is 35.4 Å². The molecule has 0 spiro atoms. The average molecular weight is 368 g/mol. The van der Waals surface area contributed by atoms with Crippen molar-refractivity contribution in [2.45, 2.75) is 31.5 Å². The summed E-state index contributed by atoms with van der Waals surface area (Å²) < 4.78 is 69.2. The van der Waals surface area contributed by atoms with E-state index in [0.717, 1.165) is 19.1 Å². The van der Waals surface area contributed by atoms with Gasteiger partial charge in [-0.15, -0.1) is 0 Å². The number of hydrogen-bond donors (Lipinski definition) is 3. The number of amides is 2. The summed E-state index contributed by atoms with van der Waals surface area (Å²) in [5, 5.41) is 13.4. The van der Waals surface area contributed by atoms with Gasteiger partial charge in [0.1, 0.15) is 11.5 Å². The number of urea groups is 1. The van der Waals surface area contributed by atoms with Gasteiger partial charge in [0.2, 0.25) is 5.72 Å². The third-order valence-electron chi connectivity index (χ3n) is 3.71. The predicted molar refractivity (Wildman–Crippen MR) is 72.7 cm³/mol. The zero-order chi connectivity index (χ0) is 19.0. The maximum Gasteiger partial charge on any atom is 0.437 e. The van der Waals surface area contributed by atoms with Gasteiger partial charge in [0.15, 0.2) is 0 Å². The van der Waals surface area contributed by atoms with E-state index in [2.05, 4.69) is 4.74 Å². The molecule has 1 aromatic rings. The number of benzene rings is 1. The lowest BCUT2D eigenvalue weighted by Crippen LogP contribution is -2.72. The van der Waals surface area contributed by atoms with Crippen LogP contribution in [0.1, 0.15) is 18.5 Å². The van der Waals surface area contributed by atoms with Crippen LogP contribution in [0.2, 0.25) is 0 Å². The zero-order valence-corrected chi connectivity index (χ0v) is 12.6. The van der Waals surface area contributed by atoms with Crippen LogP contribution in [0.4, 0.5) is 26.7 Å². The molecule has 6 nitrogen and oxygen atoms in total. The molecule has 0 saturated carbocycles. The van der Waals surface area contributed by atoms with Crippen LogP contribution in [0.3, 0.4) is 0 Å². The highest BCUT2D eigenvalue weighted by molar-refractivity contribution is 5.86. The normalized spacial score (nSPS) is 26.8. The van der Waals surface area contributed by atoms with Gasteiger partial charge in [-0.2, -0.15) is 22.0 Å². The van der Waals surface area contributed by atoms with E-state index >= 15 is 0 Å². The van der Waals surface area contributed by atoms with Crippen LogP contribution in [0.15, 0.2) is 24.3 Å². The smallest absolute Gasteiger partial charge is 0.434 e. The molecule has 0 unspecified atom stereocenters. The number of ketones is 1. The Morgan fingerprint density at radius 1 is 1.32 bits per heavy atom. The van der Waals surface area contributed by atoms with Gasteiger partial charge >= 0.3 is 18.8 Å². The van der Waals surface area contributed by atoms with E-state index in [1.807, 2.05) is 5.32 Å². The van der Waals surface area contributed by atoms with Gasteiger partial charge in [-0.05, 0) is 13.0 Å². The molecule has 11 heteroatoms. The molecule has 0 aromatic heterocycles. The van der Waals surface area contributed by atoms with E-state index in [1.54, 1.807) is 0 Å². The number of hydrogen-bond acceptors (Lipinski definition) is 4. The van der Waals surface area contributed by atoms with Crippen molar-refractivity contribution < 1.29 is 41.4 Å². The van der Waals surface area contributed by atoms with Crippen molar-refractivity contribution in [2.75, 3.05) is 0 Å². The summed E-state index contributed by atoms with van der Waals surface area (Å²) in [5.41, 5.74) is -4.18. The highest BCUT2D eigenvalue weighted by atomic mass is 19.4. The SMILES string of the molecule is CC(=O)[C@@H]1[C@@H](c2ccccc2OC(F)F)NC(=O)N[C@@]1(O)C(F)(F)F. The predicted octanol–water partition coefficient (Wildman–Crippen LogP) is 2.10. The van der Waals surface area contributed by atoms with E-state index in [9.17, 15) is 36.6 Å². The fourth-order valence-electron chi connectivity index (χ4n) is 2.73. The van der Waals surface area contributed by atoms with Gasteiger partial charge < -0.3 is 20.5 Å². The molecule has 1 aromatic carbocycles. The number of para-hydroxylation sites is 1. The molecule has 3 N–H and O–H groups in total. The van der Waals surface area contributed by atoms with Crippen LogP contribution >= 0.6 is 0 Å². The summed E-state index contributed by atoms with van der Waals surface area (Å²) in [6.45, 7) is -2.50. The molecule has 1 aliphatic rings. The van der Waals surface area contributed by atoms with Gasteiger partial charge in [0.25, 0.3) is 0 Å². The van der Waals surface area contributed by atoms with Crippen molar-refractivity contribution in [1.29, 1.82) is 0 Å². The Hall–Kier alpha value is -2.43. The van der Waals surface area contributed by atoms with Crippen LogP contribution < -0.4 is 15.4 Å². The number of nitrogens with one attached hydrogen (secondary N) is 2. The van der Waals surface area contributed by atoms with E-state index < -0.39 is 48.0 Å². The molecular weight excluding hydrogens is 355 g/mol. The summed E-state index contributed by atoms with van der Waals surface area (Å²) >= 11 is 0. The van der Waals surface area contributed by atoms with Crippen molar-refractivity contribution in [2.24, 2.45) is 5.92 Å². The second-order valence-corrected chi connectivity index (χ2v) is 5.34. The topological polar surface area (TPSA) is 87.7 Å². The van der Waals surface area contributed by atoms with Gasteiger partial charge in [0.05, 0.1) is 12.0 Å². The number of aliphatic hydroxyl groups is 1. The standard InChI is InChI=1S/C14H13F5N2O4/c1-6(22)9-10(7-4-2-3-5-8(7)25-11(15)16)20-12(23)21-13(9,24)14(17,18)19/h2-5,9-11,24H,1H3,(H2,20,21,23)/t9-,10-,13+/m1/s1. The number of carbonyl (C=O) groups excluding carboxylic acids is 2. The first-order valence-corrected chi connectivity index (χ1v) is 6.89. The molecule has 1 heterocycles. The van der Waals surface area contributed by atoms with Crippen molar-refractivity contribution in [3.05, 3.63) is 29.8 Å². The minimum Gasteiger partial charge on any atom is -0.434 e. The average Bonchev–Trinajstić information content (AvgIpc) is 2.44. The van der Waals surface area contributed by atoms with E-state index in [-0.39, 0.29) is 5.56 Å². The molecule has 2 amide bonds. The van der Waals surface area contributed by atoms with Gasteiger partial charge in [0, 0.05) is 5.56 Å². The number of alkyl halides is 5. The monoisotopic (exact) mass is 368 g/mol. The van der Waals surface area contributed by atoms with Crippen molar-refractivity contribution >= 4 is 11.8 Å². The van der Waals surface area contributed by atoms with E-state index in [4.69, 9.17) is 0 Å². The van der Waals surface area contributed by atoms with Crippen LogP contribution in [0, 0.1) is 5.92 Å². The fraction of sp³-hybridized carbons (Fsp3) is 0.429. The molecule has 1 fully saturated rings. The summed E-state index contributed by atoms with van der Waals surface area (Å²) in [6, 6.07) is 1.57. The minimum atomic E-state index is -5.39. The Kier molecular flexibility index (Phi) is 4.89. The fourth-order valence-corrected chi connectivity index (χ4v) is 2.73. The number of Topliss-reactive ketones (excluding diaryl/α,β-unsaturated/α-hetero) is 1. The molecule has 1 saturated heterocycles. The Bertz CT molecular complexity index is 681. The first-order valence-electron chi connectivity index (χ1n) is 6.89. The van der Waals surface area contributed by atoms with Gasteiger partial charge in [-0.1, -0.05) is 18.2 Å². The van der Waals surface area contributed by atoms with Crippen molar-refractivity contribution in [1.82, 2.24) is 10.6 Å². The van der Waals surface area contributed by atoms with E-state index in [0.29, 0.717) is 0 Å². The lowest BCUT2D eigenvalue weighted by atomic mass is 9.79. The van der Waals surface area contributed by atoms with E-state index in [1.165, 1.54) is 17.4 Å². The molecule has 0 radical (unpaired) electrons. The molecule has 0 bridgehead atoms. The van der Waals surface area contributed by atoms with Gasteiger partial charge in [-0.25, -0.2) is 4.79 Å². The molecule has 25 heavy (non-hydrogen) atoms. The summed E-state index contributed by atoms with van der Waals surface area (Å²) in [4.78, 5) is 23.5. The summed E-state index contributed by atoms with van der Waals surface area (Å²) in [6.07, 6.45) is -5.39. The second-order valence-electron chi connectivity index (χ2n) is 5.34. The highest BCUT2D eigenvalue weighted by Gasteiger charge is 2.65. The first kappa shape index (κ1) is 18.9. The first-order chi connectivity index (χ1) is 11.5. The maximum absolute atomic E-state index is 13.3. The van der Waals surface area contributed by atoms with Crippen LogP contribution in [0.5, 0.6) is 5.75 Å². The molecule has 0 aliphatic carbocycles. The van der Waals surface area contributed by atoms with Crippen LogP contribution in [-0.2, 0) is 4.79 Å². The number of carbonyl (C=O) groups is 2. The van der Waals surface area contributed by atoms with Crippen molar-refractivity contribution in [3.8, 4) is 5.75 Å². The minimum absolute atomic E-state index is 0.305. The largest absolute Gasteiger partial charge is 0.437 e. The summed E-state index contributed by atoms with van der Waals surface area (Å²) in [7, 11) is 0. The quantitative estimate of drug-likeness (QED) is 0.711.